The van der Waals surface area contributed by atoms with Gasteiger partial charge in [-0.05, 0) is 38.2 Å². The van der Waals surface area contributed by atoms with Gasteiger partial charge >= 0.3 is 0 Å². The standard InChI is InChI=1S/C14H18BrFN2/c1-9(2)12(8-17)14(18(3)4)11-7-10(15)5-6-13(11)16/h5-7,9,12,14H,1-4H3. The van der Waals surface area contributed by atoms with Gasteiger partial charge in [0.2, 0.25) is 0 Å². The highest BCUT2D eigenvalue weighted by molar-refractivity contribution is 9.10. The maximum Gasteiger partial charge on any atom is 0.128 e. The minimum atomic E-state index is -0.266. The Labute approximate surface area is 117 Å². The molecule has 0 amide bonds. The van der Waals surface area contributed by atoms with Crippen molar-refractivity contribution in [2.45, 2.75) is 19.9 Å². The predicted molar refractivity (Wildman–Crippen MR) is 74.5 cm³/mol. The van der Waals surface area contributed by atoms with Crippen LogP contribution in [0.25, 0.3) is 0 Å². The van der Waals surface area contributed by atoms with Gasteiger partial charge in [0, 0.05) is 10.0 Å². The molecule has 2 atom stereocenters. The molecule has 0 fully saturated rings. The first-order valence-corrected chi connectivity index (χ1v) is 6.68. The molecule has 4 heteroatoms. The number of rotatable bonds is 4. The first kappa shape index (κ1) is 15.1. The van der Waals surface area contributed by atoms with Crippen LogP contribution in [0.4, 0.5) is 4.39 Å². The van der Waals surface area contributed by atoms with E-state index in [1.54, 1.807) is 12.1 Å². The van der Waals surface area contributed by atoms with Crippen molar-refractivity contribution in [3.05, 3.63) is 34.1 Å². The molecular weight excluding hydrogens is 295 g/mol. The summed E-state index contributed by atoms with van der Waals surface area (Å²) in [5, 5.41) is 9.33. The van der Waals surface area contributed by atoms with Crippen molar-refractivity contribution in [2.75, 3.05) is 14.1 Å². The van der Waals surface area contributed by atoms with Gasteiger partial charge in [-0.25, -0.2) is 4.39 Å². The molecule has 0 saturated carbocycles. The predicted octanol–water partition coefficient (Wildman–Crippen LogP) is 3.99. The molecule has 2 unspecified atom stereocenters. The maximum absolute atomic E-state index is 14.0. The fourth-order valence-electron chi connectivity index (χ4n) is 2.12. The van der Waals surface area contributed by atoms with Gasteiger partial charge in [0.1, 0.15) is 5.82 Å². The number of halogens is 2. The number of benzene rings is 1. The molecule has 0 aliphatic rings. The van der Waals surface area contributed by atoms with Gasteiger partial charge in [0.15, 0.2) is 0 Å². The van der Waals surface area contributed by atoms with Gasteiger partial charge in [-0.3, -0.25) is 0 Å². The van der Waals surface area contributed by atoms with E-state index < -0.39 is 0 Å². The molecule has 0 aromatic heterocycles. The largest absolute Gasteiger partial charge is 0.301 e. The molecule has 1 rings (SSSR count). The quantitative estimate of drug-likeness (QED) is 0.840. The average Bonchev–Trinajstić information content (AvgIpc) is 2.28. The van der Waals surface area contributed by atoms with E-state index >= 15 is 0 Å². The summed E-state index contributed by atoms with van der Waals surface area (Å²) in [7, 11) is 3.75. The van der Waals surface area contributed by atoms with Gasteiger partial charge in [-0.1, -0.05) is 29.8 Å². The molecule has 0 saturated heterocycles. The van der Waals surface area contributed by atoms with Crippen LogP contribution < -0.4 is 0 Å². The van der Waals surface area contributed by atoms with Crippen LogP contribution in [-0.4, -0.2) is 19.0 Å². The van der Waals surface area contributed by atoms with Gasteiger partial charge in [0.25, 0.3) is 0 Å². The lowest BCUT2D eigenvalue weighted by Crippen LogP contribution is -2.30. The summed E-state index contributed by atoms with van der Waals surface area (Å²) in [4.78, 5) is 1.90. The summed E-state index contributed by atoms with van der Waals surface area (Å²) in [6.07, 6.45) is 0. The van der Waals surface area contributed by atoms with Crippen molar-refractivity contribution in [3.8, 4) is 6.07 Å². The van der Waals surface area contributed by atoms with Crippen molar-refractivity contribution in [1.29, 1.82) is 5.26 Å². The molecule has 0 aliphatic carbocycles. The molecular formula is C14H18BrFN2. The summed E-state index contributed by atoms with van der Waals surface area (Å²) < 4.78 is 14.8. The minimum absolute atomic E-state index is 0.167. The Morgan fingerprint density at radius 1 is 1.33 bits per heavy atom. The summed E-state index contributed by atoms with van der Waals surface area (Å²) in [5.74, 6) is -0.345. The molecule has 98 valence electrons. The third-order valence-electron chi connectivity index (χ3n) is 3.04. The average molecular weight is 313 g/mol. The van der Waals surface area contributed by atoms with Crippen LogP contribution in [0.15, 0.2) is 22.7 Å². The third kappa shape index (κ3) is 3.30. The monoisotopic (exact) mass is 312 g/mol. The molecule has 1 aromatic carbocycles. The number of hydrogen-bond donors (Lipinski definition) is 0. The topological polar surface area (TPSA) is 27.0 Å². The van der Waals surface area contributed by atoms with Crippen LogP contribution in [0.1, 0.15) is 25.5 Å². The van der Waals surface area contributed by atoms with Gasteiger partial charge in [-0.2, -0.15) is 5.26 Å². The van der Waals surface area contributed by atoms with Gasteiger partial charge in [0.05, 0.1) is 18.0 Å². The molecule has 0 radical (unpaired) electrons. The molecule has 0 heterocycles. The van der Waals surface area contributed by atoms with Crippen LogP contribution in [0.2, 0.25) is 0 Å². The number of nitriles is 1. The molecule has 0 bridgehead atoms. The zero-order chi connectivity index (χ0) is 13.9. The highest BCUT2D eigenvalue weighted by Gasteiger charge is 2.30. The lowest BCUT2D eigenvalue weighted by Gasteiger charge is -2.31. The zero-order valence-corrected chi connectivity index (χ0v) is 12.7. The Kier molecular flexibility index (Phi) is 5.30. The number of hydrogen-bond acceptors (Lipinski definition) is 2. The van der Waals surface area contributed by atoms with Gasteiger partial charge < -0.3 is 4.90 Å². The Hall–Kier alpha value is -0.920. The second-order valence-electron chi connectivity index (χ2n) is 4.97. The molecule has 0 N–H and O–H groups in total. The van der Waals surface area contributed by atoms with Crippen molar-refractivity contribution in [3.63, 3.8) is 0 Å². The van der Waals surface area contributed by atoms with Crippen molar-refractivity contribution < 1.29 is 4.39 Å². The Balaban J connectivity index is 3.28. The van der Waals surface area contributed by atoms with Crippen molar-refractivity contribution >= 4 is 15.9 Å². The highest BCUT2D eigenvalue weighted by atomic mass is 79.9. The van der Waals surface area contributed by atoms with Crippen LogP contribution in [0.5, 0.6) is 0 Å². The zero-order valence-electron chi connectivity index (χ0n) is 11.1. The van der Waals surface area contributed by atoms with E-state index in [1.165, 1.54) is 6.07 Å². The van der Waals surface area contributed by atoms with Crippen LogP contribution >= 0.6 is 15.9 Å². The Morgan fingerprint density at radius 3 is 2.39 bits per heavy atom. The summed E-state index contributed by atoms with van der Waals surface area (Å²) >= 11 is 3.35. The molecule has 0 spiro atoms. The summed E-state index contributed by atoms with van der Waals surface area (Å²) in [6.45, 7) is 3.97. The van der Waals surface area contributed by atoms with Crippen molar-refractivity contribution in [1.82, 2.24) is 4.90 Å². The Morgan fingerprint density at radius 2 is 1.94 bits per heavy atom. The third-order valence-corrected chi connectivity index (χ3v) is 3.53. The van der Waals surface area contributed by atoms with E-state index in [-0.39, 0.29) is 23.7 Å². The molecule has 0 aliphatic heterocycles. The maximum atomic E-state index is 14.0. The van der Waals surface area contributed by atoms with E-state index in [4.69, 9.17) is 0 Å². The highest BCUT2D eigenvalue weighted by Crippen LogP contribution is 2.34. The van der Waals surface area contributed by atoms with Crippen LogP contribution in [-0.2, 0) is 0 Å². The van der Waals surface area contributed by atoms with Crippen molar-refractivity contribution in [2.24, 2.45) is 11.8 Å². The summed E-state index contributed by atoms with van der Waals surface area (Å²) in [5.41, 5.74) is 0.564. The lowest BCUT2D eigenvalue weighted by molar-refractivity contribution is 0.205. The van der Waals surface area contributed by atoms with E-state index in [2.05, 4.69) is 22.0 Å². The normalized spacial score (nSPS) is 14.6. The van der Waals surface area contributed by atoms with Crippen LogP contribution in [0, 0.1) is 29.0 Å². The molecule has 18 heavy (non-hydrogen) atoms. The number of nitrogens with zero attached hydrogens (tertiary/aromatic N) is 2. The Bertz CT molecular complexity index is 452. The fraction of sp³-hybridized carbons (Fsp3) is 0.500. The smallest absolute Gasteiger partial charge is 0.128 e. The van der Waals surface area contributed by atoms with E-state index in [1.807, 2.05) is 32.8 Å². The SMILES string of the molecule is CC(C)C(C#N)C(c1cc(Br)ccc1F)N(C)C. The lowest BCUT2D eigenvalue weighted by atomic mass is 9.85. The van der Waals surface area contributed by atoms with Crippen LogP contribution in [0.3, 0.4) is 0 Å². The molecule has 1 aromatic rings. The molecule has 2 nitrogen and oxygen atoms in total. The van der Waals surface area contributed by atoms with E-state index in [0.717, 1.165) is 4.47 Å². The fourth-order valence-corrected chi connectivity index (χ4v) is 2.50. The minimum Gasteiger partial charge on any atom is -0.301 e. The first-order valence-electron chi connectivity index (χ1n) is 5.89. The summed E-state index contributed by atoms with van der Waals surface area (Å²) in [6, 6.07) is 6.92. The second-order valence-corrected chi connectivity index (χ2v) is 5.89. The first-order chi connectivity index (χ1) is 8.38. The van der Waals surface area contributed by atoms with E-state index in [0.29, 0.717) is 5.56 Å². The second kappa shape index (κ2) is 6.31. The van der Waals surface area contributed by atoms with Gasteiger partial charge in [-0.15, -0.1) is 0 Å². The van der Waals surface area contributed by atoms with E-state index in [9.17, 15) is 9.65 Å².